The topological polar surface area (TPSA) is 131 Å². The average molecular weight is 501 g/mol. The van der Waals surface area contributed by atoms with Crippen molar-refractivity contribution in [3.8, 4) is 23.5 Å². The van der Waals surface area contributed by atoms with Crippen LogP contribution in [0.3, 0.4) is 0 Å². The fourth-order valence-corrected chi connectivity index (χ4v) is 4.20. The first kappa shape index (κ1) is 23.2. The van der Waals surface area contributed by atoms with E-state index in [-0.39, 0.29) is 15.8 Å². The molecule has 164 valence electrons. The molecule has 32 heavy (non-hydrogen) atoms. The predicted octanol–water partition coefficient (Wildman–Crippen LogP) is 2.65. The second-order valence-electron chi connectivity index (χ2n) is 5.85. The summed E-state index contributed by atoms with van der Waals surface area (Å²) in [4.78, 5) is 19.7. The maximum absolute atomic E-state index is 12.9. The summed E-state index contributed by atoms with van der Waals surface area (Å²) >= 11 is 6.70. The van der Waals surface area contributed by atoms with E-state index in [9.17, 15) is 26.4 Å². The third-order valence-electron chi connectivity index (χ3n) is 3.81. The van der Waals surface area contributed by atoms with Crippen molar-refractivity contribution in [3.05, 3.63) is 52.0 Å². The van der Waals surface area contributed by atoms with E-state index < -0.39 is 42.8 Å². The first-order chi connectivity index (χ1) is 15.0. The zero-order valence-corrected chi connectivity index (χ0v) is 17.7. The van der Waals surface area contributed by atoms with E-state index in [0.717, 1.165) is 23.7 Å². The number of nitriles is 1. The van der Waals surface area contributed by atoms with Crippen molar-refractivity contribution >= 4 is 38.7 Å². The van der Waals surface area contributed by atoms with E-state index in [1.165, 1.54) is 10.9 Å². The van der Waals surface area contributed by atoms with E-state index in [1.54, 1.807) is 0 Å². The first-order valence-corrected chi connectivity index (χ1v) is 10.8. The Kier molecular flexibility index (Phi) is 6.23. The fourth-order valence-electron chi connectivity index (χ4n) is 2.39. The van der Waals surface area contributed by atoms with E-state index >= 15 is 0 Å². The van der Waals surface area contributed by atoms with Crippen molar-refractivity contribution < 1.29 is 26.4 Å². The van der Waals surface area contributed by atoms with Gasteiger partial charge in [0, 0.05) is 10.6 Å². The second kappa shape index (κ2) is 8.58. The number of aromatic nitrogens is 4. The van der Waals surface area contributed by atoms with Gasteiger partial charge in [-0.15, -0.1) is 6.42 Å². The molecule has 0 fully saturated rings. The summed E-state index contributed by atoms with van der Waals surface area (Å²) < 4.78 is 63.1. The Labute approximate surface area is 187 Å². The second-order valence-corrected chi connectivity index (χ2v) is 9.23. The van der Waals surface area contributed by atoms with Crippen LogP contribution in [0.2, 0.25) is 5.02 Å². The summed E-state index contributed by atoms with van der Waals surface area (Å²) in [6, 6.07) is 2.75. The lowest BCUT2D eigenvalue weighted by Crippen LogP contribution is -2.30. The summed E-state index contributed by atoms with van der Waals surface area (Å²) in [5.74, 6) is 1.25. The van der Waals surface area contributed by atoms with Crippen LogP contribution in [0, 0.1) is 23.7 Å². The van der Waals surface area contributed by atoms with Gasteiger partial charge < -0.3 is 5.32 Å². The summed E-state index contributed by atoms with van der Waals surface area (Å²) in [5, 5.41) is 15.0. The lowest BCUT2D eigenvalue weighted by molar-refractivity contribution is -0.0436. The molecule has 0 saturated carbocycles. The van der Waals surface area contributed by atoms with Gasteiger partial charge in [0.05, 0.1) is 11.1 Å². The Balaban J connectivity index is 1.93. The van der Waals surface area contributed by atoms with Crippen molar-refractivity contribution in [1.29, 1.82) is 5.26 Å². The van der Waals surface area contributed by atoms with Crippen LogP contribution in [0.4, 0.5) is 13.2 Å². The summed E-state index contributed by atoms with van der Waals surface area (Å²) in [5.41, 5.74) is -6.06. The van der Waals surface area contributed by atoms with Crippen LogP contribution in [0.15, 0.2) is 35.6 Å². The van der Waals surface area contributed by atoms with Gasteiger partial charge in [-0.3, -0.25) is 4.79 Å². The van der Waals surface area contributed by atoms with E-state index in [4.69, 9.17) is 23.3 Å². The summed E-state index contributed by atoms with van der Waals surface area (Å²) in [6.45, 7) is 0. The monoisotopic (exact) mass is 500 g/mol. The summed E-state index contributed by atoms with van der Waals surface area (Å²) in [7, 11) is -5.74. The minimum Gasteiger partial charge on any atom is -0.332 e. The van der Waals surface area contributed by atoms with E-state index in [0.29, 0.717) is 12.1 Å². The Morgan fingerprint density at radius 3 is 2.62 bits per heavy atom. The Hall–Kier alpha value is -3.46. The third-order valence-corrected chi connectivity index (χ3v) is 6.37. The Bertz CT molecular complexity index is 1390. The molecule has 0 bridgehead atoms. The molecule has 2 aromatic heterocycles. The van der Waals surface area contributed by atoms with Crippen LogP contribution in [-0.2, 0) is 9.84 Å². The highest BCUT2D eigenvalue weighted by Crippen LogP contribution is 2.32. The minimum atomic E-state index is -5.74. The highest BCUT2D eigenvalue weighted by molar-refractivity contribution is 7.92. The molecule has 1 amide bonds. The molecule has 0 spiro atoms. The number of sulfone groups is 1. The lowest BCUT2D eigenvalue weighted by atomic mass is 10.2. The number of terminal acetylenes is 1. The SMILES string of the molecule is C#C[C@H](NC(=O)c1cc(Cl)cc(S(=O)(=O)C(F)(F)F)c1)c1ncnn1-c1ncc(C#N)s1. The van der Waals surface area contributed by atoms with Crippen LogP contribution in [0.5, 0.6) is 0 Å². The van der Waals surface area contributed by atoms with Gasteiger partial charge in [0.2, 0.25) is 5.13 Å². The zero-order chi connectivity index (χ0) is 23.7. The van der Waals surface area contributed by atoms with Gasteiger partial charge >= 0.3 is 5.51 Å². The van der Waals surface area contributed by atoms with Gasteiger partial charge in [-0.05, 0) is 18.2 Å². The standard InChI is InChI=1S/C17H8ClF3N6O3S2/c1-2-13(14-24-8-25-27(14)16-23-7-11(6-22)31-16)26-15(28)9-3-10(18)5-12(4-9)32(29,30)17(19,20)21/h1,3-5,7-8,13H,(H,26,28)/t13-/m0/s1. The number of nitrogens with zero attached hydrogens (tertiary/aromatic N) is 5. The zero-order valence-electron chi connectivity index (χ0n) is 15.3. The lowest BCUT2D eigenvalue weighted by Gasteiger charge is -2.14. The van der Waals surface area contributed by atoms with Gasteiger partial charge in [-0.2, -0.15) is 28.2 Å². The molecule has 3 aromatic rings. The fraction of sp³-hybridized carbons (Fsp3) is 0.118. The van der Waals surface area contributed by atoms with Crippen LogP contribution in [-0.4, -0.2) is 39.6 Å². The highest BCUT2D eigenvalue weighted by Gasteiger charge is 2.47. The number of benzene rings is 1. The molecule has 9 nitrogen and oxygen atoms in total. The molecular formula is C17H8ClF3N6O3S2. The number of amides is 1. The van der Waals surface area contributed by atoms with Gasteiger partial charge in [0.1, 0.15) is 17.3 Å². The van der Waals surface area contributed by atoms with Crippen molar-refractivity contribution in [2.75, 3.05) is 0 Å². The van der Waals surface area contributed by atoms with Crippen molar-refractivity contribution in [2.24, 2.45) is 0 Å². The molecule has 0 aliphatic rings. The quantitative estimate of drug-likeness (QED) is 0.533. The molecule has 3 rings (SSSR count). The van der Waals surface area contributed by atoms with E-state index in [1.807, 2.05) is 6.07 Å². The number of carbonyl (C=O) groups is 1. The molecule has 0 radical (unpaired) electrons. The maximum atomic E-state index is 12.9. The average Bonchev–Trinajstić information content (AvgIpc) is 3.39. The third kappa shape index (κ3) is 4.43. The van der Waals surface area contributed by atoms with Crippen molar-refractivity contribution in [3.63, 3.8) is 0 Å². The van der Waals surface area contributed by atoms with Gasteiger partial charge in [-0.25, -0.2) is 18.4 Å². The van der Waals surface area contributed by atoms with Gasteiger partial charge in [0.25, 0.3) is 15.7 Å². The smallest absolute Gasteiger partial charge is 0.332 e. The molecule has 0 saturated heterocycles. The number of thiazole rings is 1. The number of hydrogen-bond acceptors (Lipinski definition) is 8. The predicted molar refractivity (Wildman–Crippen MR) is 105 cm³/mol. The molecule has 0 aliphatic heterocycles. The van der Waals surface area contributed by atoms with Crippen LogP contribution in [0.25, 0.3) is 5.13 Å². The molecule has 0 unspecified atom stereocenters. The number of alkyl halides is 3. The van der Waals surface area contributed by atoms with Crippen LogP contribution in [0.1, 0.15) is 27.1 Å². The van der Waals surface area contributed by atoms with Crippen LogP contribution >= 0.6 is 22.9 Å². The van der Waals surface area contributed by atoms with Crippen molar-refractivity contribution in [2.45, 2.75) is 16.4 Å². The molecule has 1 atom stereocenters. The number of halogens is 4. The van der Waals surface area contributed by atoms with Gasteiger partial charge in [0.15, 0.2) is 11.9 Å². The molecule has 0 aliphatic carbocycles. The van der Waals surface area contributed by atoms with Gasteiger partial charge in [-0.1, -0.05) is 28.9 Å². The molecule has 1 N–H and O–H groups in total. The first-order valence-electron chi connectivity index (χ1n) is 8.13. The van der Waals surface area contributed by atoms with Crippen LogP contribution < -0.4 is 5.32 Å². The molecular weight excluding hydrogens is 493 g/mol. The number of nitrogens with one attached hydrogen (secondary N) is 1. The Morgan fingerprint density at radius 2 is 2.03 bits per heavy atom. The number of carbonyl (C=O) groups excluding carboxylic acids is 1. The largest absolute Gasteiger partial charge is 0.501 e. The number of hydrogen-bond donors (Lipinski definition) is 1. The molecule has 2 heterocycles. The van der Waals surface area contributed by atoms with E-state index in [2.05, 4.69) is 26.3 Å². The normalized spacial score (nSPS) is 12.6. The maximum Gasteiger partial charge on any atom is 0.501 e. The minimum absolute atomic E-state index is 0.0184. The summed E-state index contributed by atoms with van der Waals surface area (Å²) in [6.07, 6.45) is 7.88. The molecule has 15 heteroatoms. The highest BCUT2D eigenvalue weighted by atomic mass is 35.5. The Morgan fingerprint density at radius 1 is 1.31 bits per heavy atom. The van der Waals surface area contributed by atoms with Crippen molar-refractivity contribution in [1.82, 2.24) is 25.1 Å². The molecule has 1 aromatic carbocycles. The number of rotatable bonds is 5.